The molecule has 0 aliphatic rings. The Morgan fingerprint density at radius 1 is 1.19 bits per heavy atom. The molecule has 0 fully saturated rings. The van der Waals surface area contributed by atoms with E-state index in [0.29, 0.717) is 30.2 Å². The van der Waals surface area contributed by atoms with Crippen LogP contribution in [0.25, 0.3) is 0 Å². The number of ether oxygens (including phenoxy) is 1. The Morgan fingerprint density at radius 3 is 2.50 bits per heavy atom. The van der Waals surface area contributed by atoms with Crippen molar-refractivity contribution in [2.24, 2.45) is 0 Å². The molecule has 0 heterocycles. The quantitative estimate of drug-likeness (QED) is 0.595. The van der Waals surface area contributed by atoms with Gasteiger partial charge in [-0.3, -0.25) is 0 Å². The third-order valence-corrected chi connectivity index (χ3v) is 3.43. The lowest BCUT2D eigenvalue weighted by molar-refractivity contribution is 0.310. The summed E-state index contributed by atoms with van der Waals surface area (Å²) in [6.45, 7) is 0.427. The monoisotopic (exact) mass is 282 g/mol. The third-order valence-electron chi connectivity index (χ3n) is 1.88. The average molecular weight is 283 g/mol. The smallest absolute Gasteiger partial charge is 0.232 e. The maximum atomic E-state index is 10.6. The van der Waals surface area contributed by atoms with Gasteiger partial charge in [-0.05, 0) is 25.0 Å². The highest BCUT2D eigenvalue weighted by Crippen LogP contribution is 2.23. The van der Waals surface area contributed by atoms with Crippen molar-refractivity contribution < 1.29 is 13.2 Å². The van der Waals surface area contributed by atoms with E-state index in [9.17, 15) is 8.42 Å². The highest BCUT2D eigenvalue weighted by atomic mass is 35.7. The van der Waals surface area contributed by atoms with Crippen LogP contribution >= 0.6 is 22.3 Å². The maximum Gasteiger partial charge on any atom is 0.232 e. The fourth-order valence-electron chi connectivity index (χ4n) is 1.12. The predicted molar refractivity (Wildman–Crippen MR) is 65.8 cm³/mol. The number of para-hydroxylation sites is 1. The highest BCUT2D eigenvalue weighted by molar-refractivity contribution is 8.13. The van der Waals surface area contributed by atoms with Crippen molar-refractivity contribution in [3.05, 3.63) is 29.3 Å². The van der Waals surface area contributed by atoms with Crippen LogP contribution in [-0.4, -0.2) is 20.8 Å². The van der Waals surface area contributed by atoms with Crippen molar-refractivity contribution in [3.8, 4) is 5.75 Å². The van der Waals surface area contributed by atoms with Crippen molar-refractivity contribution >= 4 is 31.3 Å². The molecule has 1 rings (SSSR count). The Kier molecular flexibility index (Phi) is 5.38. The van der Waals surface area contributed by atoms with E-state index in [4.69, 9.17) is 27.0 Å². The van der Waals surface area contributed by atoms with Crippen LogP contribution in [0.3, 0.4) is 0 Å². The molecule has 3 nitrogen and oxygen atoms in total. The van der Waals surface area contributed by atoms with Crippen molar-refractivity contribution in [1.82, 2.24) is 0 Å². The van der Waals surface area contributed by atoms with Gasteiger partial charge in [-0.1, -0.05) is 23.7 Å². The second-order valence-electron chi connectivity index (χ2n) is 3.23. The Hall–Kier alpha value is -0.450. The van der Waals surface area contributed by atoms with Crippen LogP contribution in [0.1, 0.15) is 12.8 Å². The first-order chi connectivity index (χ1) is 7.49. The van der Waals surface area contributed by atoms with Crippen LogP contribution in [0.15, 0.2) is 24.3 Å². The number of halogens is 2. The van der Waals surface area contributed by atoms with Crippen LogP contribution in [0.5, 0.6) is 5.75 Å². The first kappa shape index (κ1) is 13.6. The van der Waals surface area contributed by atoms with E-state index in [1.807, 2.05) is 12.1 Å². The summed E-state index contributed by atoms with van der Waals surface area (Å²) in [5.74, 6) is 0.582. The third kappa shape index (κ3) is 5.58. The molecule has 1 aromatic carbocycles. The highest BCUT2D eigenvalue weighted by Gasteiger charge is 2.04. The van der Waals surface area contributed by atoms with Gasteiger partial charge in [0.15, 0.2) is 0 Å². The molecule has 0 radical (unpaired) electrons. The lowest BCUT2D eigenvalue weighted by Gasteiger charge is -2.06. The van der Waals surface area contributed by atoms with Gasteiger partial charge in [-0.2, -0.15) is 0 Å². The molecule has 0 unspecified atom stereocenters. The number of unbranched alkanes of at least 4 members (excludes halogenated alkanes) is 1. The molecule has 16 heavy (non-hydrogen) atoms. The SMILES string of the molecule is O=S(=O)(Cl)CCCCOc1ccccc1Cl. The molecule has 0 spiro atoms. The fourth-order valence-corrected chi connectivity index (χ4v) is 2.19. The van der Waals surface area contributed by atoms with Crippen molar-refractivity contribution in [2.45, 2.75) is 12.8 Å². The maximum absolute atomic E-state index is 10.6. The minimum absolute atomic E-state index is 0.0273. The molecular weight excluding hydrogens is 271 g/mol. The zero-order chi connectivity index (χ0) is 12.0. The second kappa shape index (κ2) is 6.33. The zero-order valence-electron chi connectivity index (χ0n) is 8.53. The molecule has 0 bridgehead atoms. The van der Waals surface area contributed by atoms with E-state index in [1.165, 1.54) is 0 Å². The first-order valence-corrected chi connectivity index (χ1v) is 7.64. The van der Waals surface area contributed by atoms with E-state index in [1.54, 1.807) is 12.1 Å². The van der Waals surface area contributed by atoms with Crippen molar-refractivity contribution in [2.75, 3.05) is 12.4 Å². The Bertz CT molecular complexity index is 431. The number of rotatable bonds is 6. The lowest BCUT2D eigenvalue weighted by Crippen LogP contribution is -2.02. The molecule has 0 N–H and O–H groups in total. The van der Waals surface area contributed by atoms with Crippen LogP contribution in [0.2, 0.25) is 5.02 Å². The summed E-state index contributed by atoms with van der Waals surface area (Å²) in [7, 11) is 1.68. The van der Waals surface area contributed by atoms with Gasteiger partial charge >= 0.3 is 0 Å². The normalized spacial score (nSPS) is 11.4. The van der Waals surface area contributed by atoms with Crippen LogP contribution in [0.4, 0.5) is 0 Å². The Balaban J connectivity index is 2.24. The van der Waals surface area contributed by atoms with Gasteiger partial charge in [-0.15, -0.1) is 0 Å². The van der Waals surface area contributed by atoms with Gasteiger partial charge in [-0.25, -0.2) is 8.42 Å². The summed E-state index contributed by atoms with van der Waals surface area (Å²) < 4.78 is 26.6. The number of benzene rings is 1. The summed E-state index contributed by atoms with van der Waals surface area (Å²) in [6, 6.07) is 7.14. The van der Waals surface area contributed by atoms with E-state index in [0.717, 1.165) is 0 Å². The summed E-state index contributed by atoms with van der Waals surface area (Å²) in [5, 5.41) is 0.549. The van der Waals surface area contributed by atoms with E-state index < -0.39 is 9.05 Å². The fraction of sp³-hybridized carbons (Fsp3) is 0.400. The van der Waals surface area contributed by atoms with Gasteiger partial charge in [0.1, 0.15) is 5.75 Å². The predicted octanol–water partition coefficient (Wildman–Crippen LogP) is 3.07. The van der Waals surface area contributed by atoms with Crippen LogP contribution in [-0.2, 0) is 9.05 Å². The van der Waals surface area contributed by atoms with E-state index >= 15 is 0 Å². The molecule has 6 heteroatoms. The molecule has 90 valence electrons. The second-order valence-corrected chi connectivity index (χ2v) is 6.53. The van der Waals surface area contributed by atoms with Crippen molar-refractivity contribution in [1.29, 1.82) is 0 Å². The number of hydrogen-bond donors (Lipinski definition) is 0. The zero-order valence-corrected chi connectivity index (χ0v) is 10.9. The molecule has 0 aromatic heterocycles. The summed E-state index contributed by atoms with van der Waals surface area (Å²) >= 11 is 5.87. The molecule has 0 aliphatic heterocycles. The van der Waals surface area contributed by atoms with E-state index in [2.05, 4.69) is 0 Å². The number of hydrogen-bond acceptors (Lipinski definition) is 3. The van der Waals surface area contributed by atoms with Gasteiger partial charge < -0.3 is 4.74 Å². The van der Waals surface area contributed by atoms with Gasteiger partial charge in [0.05, 0.1) is 17.4 Å². The summed E-state index contributed by atoms with van der Waals surface area (Å²) in [5.41, 5.74) is 0. The molecule has 1 aromatic rings. The lowest BCUT2D eigenvalue weighted by atomic mass is 10.3. The Morgan fingerprint density at radius 2 is 1.88 bits per heavy atom. The molecule has 0 atom stereocenters. The molecular formula is C10H12Cl2O3S. The van der Waals surface area contributed by atoms with Crippen LogP contribution < -0.4 is 4.74 Å². The molecule has 0 saturated heterocycles. The van der Waals surface area contributed by atoms with Crippen molar-refractivity contribution in [3.63, 3.8) is 0 Å². The molecule has 0 saturated carbocycles. The van der Waals surface area contributed by atoms with Gasteiger partial charge in [0, 0.05) is 10.7 Å². The topological polar surface area (TPSA) is 43.4 Å². The van der Waals surface area contributed by atoms with Crippen LogP contribution in [0, 0.1) is 0 Å². The van der Waals surface area contributed by atoms with Gasteiger partial charge in [0.2, 0.25) is 9.05 Å². The largest absolute Gasteiger partial charge is 0.492 e. The average Bonchev–Trinajstić information content (AvgIpc) is 2.18. The minimum atomic E-state index is -3.39. The molecule has 0 aliphatic carbocycles. The summed E-state index contributed by atoms with van der Waals surface area (Å²) in [4.78, 5) is 0. The standard InChI is InChI=1S/C10H12Cl2O3S/c11-9-5-1-2-6-10(9)15-7-3-4-8-16(12,13)14/h1-2,5-6H,3-4,7-8H2. The first-order valence-electron chi connectivity index (χ1n) is 4.79. The molecule has 0 amide bonds. The minimum Gasteiger partial charge on any atom is -0.492 e. The summed E-state index contributed by atoms with van der Waals surface area (Å²) in [6.07, 6.45) is 1.10. The van der Waals surface area contributed by atoms with Gasteiger partial charge in [0.25, 0.3) is 0 Å². The Labute approximate surface area is 105 Å². The van der Waals surface area contributed by atoms with E-state index in [-0.39, 0.29) is 5.75 Å².